The van der Waals surface area contributed by atoms with Crippen LogP contribution in [0.15, 0.2) is 12.2 Å². The molecule has 0 N–H and O–H groups in total. The molecule has 0 saturated heterocycles. The maximum absolute atomic E-state index is 11.2. The summed E-state index contributed by atoms with van der Waals surface area (Å²) in [6, 6.07) is 0. The molecule has 0 atom stereocenters. The molecule has 2 radical (unpaired) electrons. The van der Waals surface area contributed by atoms with Gasteiger partial charge in [0.2, 0.25) is 14.4 Å². The van der Waals surface area contributed by atoms with E-state index in [0.29, 0.717) is 16.8 Å². The number of likely N-dealkylation sites (N-methyl/N-ethyl adjacent to an activating group) is 1. The smallest absolute Gasteiger partial charge is 0.254 e. The molecule has 0 saturated carbocycles. The zero-order valence-corrected chi connectivity index (χ0v) is 8.30. The van der Waals surface area contributed by atoms with Crippen LogP contribution in [0.2, 0.25) is 0 Å². The molecule has 0 aliphatic rings. The zero-order valence-electron chi connectivity index (χ0n) is 7.48. The number of rotatable bonds is 2. The first-order valence-electron chi connectivity index (χ1n) is 3.38. The molecule has 13 heavy (non-hydrogen) atoms. The Kier molecular flexibility index (Phi) is 4.34. The van der Waals surface area contributed by atoms with Crippen LogP contribution in [0.1, 0.15) is 6.92 Å². The highest BCUT2D eigenvalue weighted by Crippen LogP contribution is 1.99. The number of nitrogens with zero attached hydrogens (tertiary/aromatic N) is 2. The van der Waals surface area contributed by atoms with Crippen molar-refractivity contribution in [3.63, 3.8) is 0 Å². The Balaban J connectivity index is 4.51. The molecule has 4 nitrogen and oxygen atoms in total. The normalized spacial score (nSPS) is 8.77. The van der Waals surface area contributed by atoms with Crippen LogP contribution in [-0.4, -0.2) is 42.2 Å². The van der Waals surface area contributed by atoms with Gasteiger partial charge < -0.3 is 4.81 Å². The highest BCUT2D eigenvalue weighted by molar-refractivity contribution is 7.80. The molecule has 0 fully saturated rings. The number of amides is 2. The van der Waals surface area contributed by atoms with Gasteiger partial charge >= 0.3 is 0 Å². The van der Waals surface area contributed by atoms with Gasteiger partial charge in [-0.25, -0.2) is 0 Å². The van der Waals surface area contributed by atoms with Crippen LogP contribution in [0.4, 0.5) is 0 Å². The second kappa shape index (κ2) is 4.76. The summed E-state index contributed by atoms with van der Waals surface area (Å²) in [6.07, 6.45) is 0.324. The van der Waals surface area contributed by atoms with Gasteiger partial charge in [-0.3, -0.25) is 14.5 Å². The minimum Gasteiger partial charge on any atom is -0.349 e. The topological polar surface area (TPSA) is 40.6 Å². The molecule has 2 amide bonds. The third-order valence-electron chi connectivity index (χ3n) is 1.29. The average molecular weight is 196 g/mol. The average Bonchev–Trinajstić information content (AvgIpc) is 2.12. The Bertz CT molecular complexity index is 267. The number of carbonyl (C=O) groups is 2. The number of carbonyl (C=O) groups excluding carboxylic acids is 2. The van der Waals surface area contributed by atoms with E-state index in [1.54, 1.807) is 6.92 Å². The summed E-state index contributed by atoms with van der Waals surface area (Å²) in [5, 5.41) is -0.0667. The molecule has 0 spiro atoms. The highest BCUT2D eigenvalue weighted by atomic mass is 32.1. The first-order valence-corrected chi connectivity index (χ1v) is 3.79. The predicted octanol–water partition coefficient (Wildman–Crippen LogP) is -0.152. The molecule has 68 valence electrons. The van der Waals surface area contributed by atoms with Crippen molar-refractivity contribution in [2.24, 2.45) is 0 Å². The van der Waals surface area contributed by atoms with Crippen molar-refractivity contribution < 1.29 is 9.59 Å². The Morgan fingerprint density at radius 2 is 2.08 bits per heavy atom. The van der Waals surface area contributed by atoms with Crippen LogP contribution < -0.4 is 0 Å². The largest absolute Gasteiger partial charge is 0.349 e. The molecule has 0 aliphatic carbocycles. The maximum atomic E-state index is 11.2. The van der Waals surface area contributed by atoms with Crippen molar-refractivity contribution in [3.05, 3.63) is 12.2 Å². The van der Waals surface area contributed by atoms with Gasteiger partial charge in [0.25, 0.3) is 5.91 Å². The van der Waals surface area contributed by atoms with Crippen LogP contribution >= 0.6 is 12.2 Å². The molecule has 0 unspecified atom stereocenters. The van der Waals surface area contributed by atoms with Gasteiger partial charge in [-0.1, -0.05) is 6.58 Å². The standard InChI is InChI=1S/C7H9BN2O2S/c1-5(2)6(12)9(3)7(13)10(8)4-11/h4H,1H2,2-3H3. The lowest BCUT2D eigenvalue weighted by Gasteiger charge is -2.22. The molecule has 6 heteroatoms. The summed E-state index contributed by atoms with van der Waals surface area (Å²) >= 11 is 4.73. The van der Waals surface area contributed by atoms with Gasteiger partial charge in [0.15, 0.2) is 5.11 Å². The van der Waals surface area contributed by atoms with E-state index < -0.39 is 0 Å². The first kappa shape index (κ1) is 11.8. The van der Waals surface area contributed by atoms with Gasteiger partial charge in [0.05, 0.1) is 0 Å². The first-order chi connectivity index (χ1) is 5.91. The minimum atomic E-state index is -0.373. The maximum Gasteiger partial charge on any atom is 0.254 e. The number of thiocarbonyl (C=S) groups is 1. The zero-order chi connectivity index (χ0) is 10.6. The van der Waals surface area contributed by atoms with Crippen LogP contribution in [0.3, 0.4) is 0 Å². The second-order valence-electron chi connectivity index (χ2n) is 2.44. The fourth-order valence-electron chi connectivity index (χ4n) is 0.591. The van der Waals surface area contributed by atoms with E-state index in [-0.39, 0.29) is 11.0 Å². The van der Waals surface area contributed by atoms with Gasteiger partial charge in [-0.05, 0) is 19.1 Å². The Morgan fingerprint density at radius 3 is 2.38 bits per heavy atom. The predicted molar refractivity (Wildman–Crippen MR) is 53.8 cm³/mol. The Hall–Kier alpha value is -1.17. The lowest BCUT2D eigenvalue weighted by molar-refractivity contribution is -0.122. The van der Waals surface area contributed by atoms with Crippen molar-refractivity contribution in [3.8, 4) is 0 Å². The van der Waals surface area contributed by atoms with Crippen LogP contribution in [0.5, 0.6) is 0 Å². The third-order valence-corrected chi connectivity index (χ3v) is 1.78. The lowest BCUT2D eigenvalue weighted by atomic mass is 10.3. The van der Waals surface area contributed by atoms with Crippen LogP contribution in [0.25, 0.3) is 0 Å². The molecular formula is C7H9BN2O2S. The minimum absolute atomic E-state index is 0.0667. The summed E-state index contributed by atoms with van der Waals surface area (Å²) in [7, 11) is 6.58. The van der Waals surface area contributed by atoms with E-state index in [0.717, 1.165) is 4.90 Å². The molecule has 0 rings (SSSR count). The van der Waals surface area contributed by atoms with E-state index in [1.807, 2.05) is 0 Å². The summed E-state index contributed by atoms with van der Waals surface area (Å²) in [6.45, 7) is 4.99. The van der Waals surface area contributed by atoms with Gasteiger partial charge in [0.1, 0.15) is 0 Å². The van der Waals surface area contributed by atoms with Crippen molar-refractivity contribution in [1.82, 2.24) is 9.71 Å². The number of hydrogen-bond donors (Lipinski definition) is 0. The van der Waals surface area contributed by atoms with E-state index in [4.69, 9.17) is 20.2 Å². The molecule has 0 aliphatic heterocycles. The number of hydrogen-bond acceptors (Lipinski definition) is 3. The van der Waals surface area contributed by atoms with Crippen molar-refractivity contribution >= 4 is 37.6 Å². The van der Waals surface area contributed by atoms with Crippen LogP contribution in [-0.2, 0) is 9.59 Å². The summed E-state index contributed by atoms with van der Waals surface area (Å²) in [4.78, 5) is 23.2. The lowest BCUT2D eigenvalue weighted by Crippen LogP contribution is -2.42. The molecule has 0 heterocycles. The molecule has 0 aromatic heterocycles. The van der Waals surface area contributed by atoms with Crippen molar-refractivity contribution in [2.75, 3.05) is 7.05 Å². The fourth-order valence-corrected chi connectivity index (χ4v) is 0.717. The van der Waals surface area contributed by atoms with E-state index in [9.17, 15) is 9.59 Å². The summed E-state index contributed by atoms with van der Waals surface area (Å²) < 4.78 is 0. The van der Waals surface area contributed by atoms with Crippen LogP contribution in [0, 0.1) is 0 Å². The van der Waals surface area contributed by atoms with Crippen molar-refractivity contribution in [1.29, 1.82) is 0 Å². The Morgan fingerprint density at radius 1 is 1.62 bits per heavy atom. The monoisotopic (exact) mass is 196 g/mol. The molecule has 0 aromatic carbocycles. The van der Waals surface area contributed by atoms with Gasteiger partial charge in [-0.2, -0.15) is 0 Å². The molecular weight excluding hydrogens is 187 g/mol. The van der Waals surface area contributed by atoms with Gasteiger partial charge in [-0.15, -0.1) is 0 Å². The van der Waals surface area contributed by atoms with Crippen molar-refractivity contribution in [2.45, 2.75) is 6.92 Å². The molecule has 0 bridgehead atoms. The molecule has 0 aromatic rings. The summed E-state index contributed by atoms with van der Waals surface area (Å²) in [5.41, 5.74) is 0.323. The quantitative estimate of drug-likeness (QED) is 0.267. The van der Waals surface area contributed by atoms with E-state index in [1.165, 1.54) is 7.05 Å². The fraction of sp³-hybridized carbons (Fsp3) is 0.286. The highest BCUT2D eigenvalue weighted by Gasteiger charge is 2.15. The van der Waals surface area contributed by atoms with E-state index in [2.05, 4.69) is 6.58 Å². The summed E-state index contributed by atoms with van der Waals surface area (Å²) in [5.74, 6) is -0.373. The Labute approximate surface area is 83.6 Å². The third kappa shape index (κ3) is 2.98. The van der Waals surface area contributed by atoms with E-state index >= 15 is 0 Å². The van der Waals surface area contributed by atoms with Gasteiger partial charge in [0, 0.05) is 12.6 Å². The SMILES string of the molecule is [B]N(C=O)C(=S)N(C)C(=O)C(=C)C. The second-order valence-corrected chi connectivity index (χ2v) is 2.80.